The molecule has 4 rings (SSSR count). The second-order valence-electron chi connectivity index (χ2n) is 7.09. The SMILES string of the molecule is O=C(CCC(=O)c1cccs1)OCC(=O)N1N=C(c2ccc(Cl)cc2)C[C@H]1c1ccco1. The van der Waals surface area contributed by atoms with Crippen molar-refractivity contribution in [1.82, 2.24) is 5.01 Å². The van der Waals surface area contributed by atoms with Gasteiger partial charge in [0.2, 0.25) is 0 Å². The average molecular weight is 471 g/mol. The Kier molecular flexibility index (Phi) is 6.82. The van der Waals surface area contributed by atoms with E-state index < -0.39 is 24.5 Å². The van der Waals surface area contributed by atoms with Crippen LogP contribution in [0.3, 0.4) is 0 Å². The van der Waals surface area contributed by atoms with Gasteiger partial charge in [-0.2, -0.15) is 5.10 Å². The summed E-state index contributed by atoms with van der Waals surface area (Å²) in [6.07, 6.45) is 1.92. The number of ketones is 1. The van der Waals surface area contributed by atoms with Crippen molar-refractivity contribution in [3.05, 3.63) is 81.4 Å². The molecule has 3 heterocycles. The lowest BCUT2D eigenvalue weighted by Gasteiger charge is -2.19. The first-order chi connectivity index (χ1) is 15.5. The van der Waals surface area contributed by atoms with Crippen molar-refractivity contribution in [3.8, 4) is 0 Å². The van der Waals surface area contributed by atoms with E-state index in [-0.39, 0.29) is 18.6 Å². The molecule has 0 saturated heterocycles. The highest BCUT2D eigenvalue weighted by molar-refractivity contribution is 7.12. The zero-order valence-corrected chi connectivity index (χ0v) is 18.5. The van der Waals surface area contributed by atoms with Crippen molar-refractivity contribution in [1.29, 1.82) is 0 Å². The molecule has 1 aromatic carbocycles. The van der Waals surface area contributed by atoms with Gasteiger partial charge in [-0.25, -0.2) is 5.01 Å². The summed E-state index contributed by atoms with van der Waals surface area (Å²) in [5.74, 6) is -0.635. The minimum Gasteiger partial charge on any atom is -0.467 e. The van der Waals surface area contributed by atoms with Gasteiger partial charge in [0.15, 0.2) is 12.4 Å². The Morgan fingerprint density at radius 1 is 1.12 bits per heavy atom. The van der Waals surface area contributed by atoms with Gasteiger partial charge in [0.1, 0.15) is 11.8 Å². The zero-order chi connectivity index (χ0) is 22.5. The highest BCUT2D eigenvalue weighted by Gasteiger charge is 2.35. The van der Waals surface area contributed by atoms with E-state index in [1.54, 1.807) is 41.8 Å². The maximum absolute atomic E-state index is 12.8. The molecule has 9 heteroatoms. The highest BCUT2D eigenvalue weighted by Crippen LogP contribution is 2.33. The van der Waals surface area contributed by atoms with Crippen LogP contribution in [0, 0.1) is 0 Å². The number of nitrogens with zero attached hydrogens (tertiary/aromatic N) is 2. The fraction of sp³-hybridized carbons (Fsp3) is 0.217. The van der Waals surface area contributed by atoms with Gasteiger partial charge in [-0.1, -0.05) is 29.8 Å². The molecule has 1 atom stereocenters. The monoisotopic (exact) mass is 470 g/mol. The molecule has 0 radical (unpaired) electrons. The minimum atomic E-state index is -0.612. The van der Waals surface area contributed by atoms with E-state index in [1.807, 2.05) is 12.1 Å². The molecule has 0 fully saturated rings. The van der Waals surface area contributed by atoms with E-state index >= 15 is 0 Å². The van der Waals surface area contributed by atoms with Crippen LogP contribution in [-0.4, -0.2) is 35.0 Å². The number of hydrogen-bond donors (Lipinski definition) is 0. The quantitative estimate of drug-likeness (QED) is 0.346. The van der Waals surface area contributed by atoms with Crippen molar-refractivity contribution >= 4 is 46.3 Å². The normalized spacial score (nSPS) is 15.5. The van der Waals surface area contributed by atoms with E-state index in [0.717, 1.165) is 5.56 Å². The van der Waals surface area contributed by atoms with Crippen LogP contribution in [0.1, 0.15) is 46.3 Å². The molecule has 7 nitrogen and oxygen atoms in total. The number of benzene rings is 1. The molecule has 32 heavy (non-hydrogen) atoms. The highest BCUT2D eigenvalue weighted by atomic mass is 35.5. The number of hydrogen-bond acceptors (Lipinski definition) is 7. The second kappa shape index (κ2) is 9.93. The van der Waals surface area contributed by atoms with Gasteiger partial charge >= 0.3 is 5.97 Å². The van der Waals surface area contributed by atoms with Gasteiger partial charge in [0.05, 0.1) is 23.3 Å². The van der Waals surface area contributed by atoms with Crippen LogP contribution in [0.2, 0.25) is 5.02 Å². The second-order valence-corrected chi connectivity index (χ2v) is 8.47. The number of ether oxygens (including phenoxy) is 1. The summed E-state index contributed by atoms with van der Waals surface area (Å²) < 4.78 is 10.6. The molecule has 0 saturated carbocycles. The van der Waals surface area contributed by atoms with Crippen LogP contribution in [-0.2, 0) is 14.3 Å². The Hall–Kier alpha value is -3.23. The summed E-state index contributed by atoms with van der Waals surface area (Å²) in [7, 11) is 0. The Labute approximate surface area is 193 Å². The fourth-order valence-corrected chi connectivity index (χ4v) is 4.14. The molecule has 1 amide bonds. The minimum absolute atomic E-state index is 0.0329. The third-order valence-corrected chi connectivity index (χ3v) is 6.09. The van der Waals surface area contributed by atoms with Crippen molar-refractivity contribution in [2.24, 2.45) is 5.10 Å². The van der Waals surface area contributed by atoms with Crippen molar-refractivity contribution in [3.63, 3.8) is 0 Å². The summed E-state index contributed by atoms with van der Waals surface area (Å²) in [5.41, 5.74) is 1.54. The van der Waals surface area contributed by atoms with Gasteiger partial charge < -0.3 is 9.15 Å². The van der Waals surface area contributed by atoms with E-state index in [2.05, 4.69) is 5.10 Å². The number of amides is 1. The van der Waals surface area contributed by atoms with Crippen molar-refractivity contribution < 1.29 is 23.5 Å². The third kappa shape index (κ3) is 5.15. The van der Waals surface area contributed by atoms with Gasteiger partial charge in [0, 0.05) is 17.9 Å². The summed E-state index contributed by atoms with van der Waals surface area (Å²) in [6.45, 7) is -0.472. The number of furan rings is 1. The molecular weight excluding hydrogens is 452 g/mol. The van der Waals surface area contributed by atoms with Gasteiger partial charge in [-0.15, -0.1) is 11.3 Å². The lowest BCUT2D eigenvalue weighted by molar-refractivity contribution is -0.152. The first-order valence-electron chi connectivity index (χ1n) is 9.92. The summed E-state index contributed by atoms with van der Waals surface area (Å²) in [4.78, 5) is 37.5. The standard InChI is InChI=1S/C23H19ClN2O5S/c24-16-7-5-15(6-8-16)17-13-18(20-3-1-11-30-20)26(25-17)22(28)14-31-23(29)10-9-19(27)21-4-2-12-32-21/h1-8,11-12,18H,9-10,13-14H2/t18-/m0/s1. The van der Waals surface area contributed by atoms with E-state index in [4.69, 9.17) is 20.8 Å². The predicted octanol–water partition coefficient (Wildman–Crippen LogP) is 4.88. The first-order valence-corrected chi connectivity index (χ1v) is 11.2. The molecule has 164 valence electrons. The number of carbonyl (C=O) groups is 3. The van der Waals surface area contributed by atoms with Gasteiger partial charge in [-0.3, -0.25) is 14.4 Å². The lowest BCUT2D eigenvalue weighted by Crippen LogP contribution is -2.31. The smallest absolute Gasteiger partial charge is 0.306 e. The summed E-state index contributed by atoms with van der Waals surface area (Å²) in [5, 5.41) is 8.15. The summed E-state index contributed by atoms with van der Waals surface area (Å²) in [6, 6.07) is 13.7. The Morgan fingerprint density at radius 3 is 2.62 bits per heavy atom. The largest absolute Gasteiger partial charge is 0.467 e. The van der Waals surface area contributed by atoms with Crippen LogP contribution < -0.4 is 0 Å². The fourth-order valence-electron chi connectivity index (χ4n) is 3.32. The van der Waals surface area contributed by atoms with E-state index in [1.165, 1.54) is 22.6 Å². The molecule has 0 aliphatic carbocycles. The number of hydrazone groups is 1. The van der Waals surface area contributed by atoms with E-state index in [0.29, 0.717) is 27.8 Å². The number of carbonyl (C=O) groups excluding carboxylic acids is 3. The number of thiophene rings is 1. The van der Waals surface area contributed by atoms with Crippen LogP contribution in [0.5, 0.6) is 0 Å². The van der Waals surface area contributed by atoms with Crippen LogP contribution in [0.4, 0.5) is 0 Å². The van der Waals surface area contributed by atoms with Crippen LogP contribution in [0.15, 0.2) is 69.7 Å². The van der Waals surface area contributed by atoms with Crippen LogP contribution in [0.25, 0.3) is 0 Å². The van der Waals surface area contributed by atoms with Crippen molar-refractivity contribution in [2.45, 2.75) is 25.3 Å². The molecule has 0 bridgehead atoms. The number of rotatable bonds is 8. The predicted molar refractivity (Wildman–Crippen MR) is 120 cm³/mol. The molecule has 2 aromatic heterocycles. The molecule has 0 N–H and O–H groups in total. The van der Waals surface area contributed by atoms with Crippen molar-refractivity contribution in [2.75, 3.05) is 6.61 Å². The van der Waals surface area contributed by atoms with Gasteiger partial charge in [-0.05, 0) is 41.3 Å². The Morgan fingerprint density at radius 2 is 1.94 bits per heavy atom. The Bertz CT molecular complexity index is 1120. The number of halogens is 1. The molecule has 1 aliphatic heterocycles. The first kappa shape index (κ1) is 22.0. The zero-order valence-electron chi connectivity index (χ0n) is 16.9. The number of esters is 1. The van der Waals surface area contributed by atoms with Gasteiger partial charge in [0.25, 0.3) is 5.91 Å². The average Bonchev–Trinajstić information content (AvgIpc) is 3.56. The summed E-state index contributed by atoms with van der Waals surface area (Å²) >= 11 is 7.29. The maximum Gasteiger partial charge on any atom is 0.306 e. The maximum atomic E-state index is 12.8. The van der Waals surface area contributed by atoms with E-state index in [9.17, 15) is 14.4 Å². The topological polar surface area (TPSA) is 89.2 Å². The molecule has 1 aliphatic rings. The Balaban J connectivity index is 1.38. The molecular formula is C23H19ClN2O5S. The molecule has 0 unspecified atom stereocenters. The van der Waals surface area contributed by atoms with Crippen LogP contribution >= 0.6 is 22.9 Å². The molecule has 0 spiro atoms. The lowest BCUT2D eigenvalue weighted by atomic mass is 10.0. The number of Topliss-reactive ketones (excluding diaryl/α,β-unsaturated/α-hetero) is 1. The third-order valence-electron chi connectivity index (χ3n) is 4.92. The molecule has 3 aromatic rings.